The van der Waals surface area contributed by atoms with Crippen molar-refractivity contribution < 1.29 is 0 Å². The molecule has 0 saturated carbocycles. The summed E-state index contributed by atoms with van der Waals surface area (Å²) in [6, 6.07) is 8.54. The molecule has 1 aliphatic rings. The Balaban J connectivity index is 1.99. The first-order valence-electron chi connectivity index (χ1n) is 6.06. The molecule has 0 unspecified atom stereocenters. The van der Waals surface area contributed by atoms with Crippen LogP contribution in [0.4, 0.5) is 5.69 Å². The minimum absolute atomic E-state index is 0.991. The van der Waals surface area contributed by atoms with Crippen molar-refractivity contribution in [2.24, 2.45) is 0 Å². The summed E-state index contributed by atoms with van der Waals surface area (Å²) in [5.41, 5.74) is 2.65. The molecule has 0 spiro atoms. The lowest BCUT2D eigenvalue weighted by Gasteiger charge is -2.22. The van der Waals surface area contributed by atoms with Gasteiger partial charge in [0.2, 0.25) is 0 Å². The number of para-hydroxylation sites is 1. The average molecular weight is 216 g/mol. The van der Waals surface area contributed by atoms with Gasteiger partial charge in [0.1, 0.15) is 0 Å². The van der Waals surface area contributed by atoms with E-state index in [1.54, 1.807) is 0 Å². The smallest absolute Gasteiger partial charge is 0.0941 e. The number of benzene rings is 1. The molecule has 0 aromatic heterocycles. The third-order valence-corrected chi connectivity index (χ3v) is 3.02. The maximum absolute atomic E-state index is 2.37. The third kappa shape index (κ3) is 2.38. The molecule has 0 N–H and O–H groups in total. The van der Waals surface area contributed by atoms with E-state index in [1.807, 2.05) is 0 Å². The molecule has 0 aliphatic carbocycles. The van der Waals surface area contributed by atoms with Gasteiger partial charge in [-0.3, -0.25) is 0 Å². The van der Waals surface area contributed by atoms with Gasteiger partial charge in [0.15, 0.2) is 0 Å². The number of aryl methyl sites for hydroxylation is 1. The summed E-state index contributed by atoms with van der Waals surface area (Å²) in [5, 5.41) is 0. The Morgan fingerprint density at radius 2 is 2.00 bits per heavy atom. The van der Waals surface area contributed by atoms with Crippen molar-refractivity contribution in [3.05, 3.63) is 42.2 Å². The first-order chi connectivity index (χ1) is 7.81. The number of hydrogen-bond acceptors (Lipinski definition) is 2. The van der Waals surface area contributed by atoms with Gasteiger partial charge in [0.25, 0.3) is 0 Å². The maximum Gasteiger partial charge on any atom is 0.0941 e. The molecule has 1 aromatic rings. The average Bonchev–Trinajstić information content (AvgIpc) is 2.75. The van der Waals surface area contributed by atoms with Crippen molar-refractivity contribution in [2.45, 2.75) is 26.7 Å². The van der Waals surface area contributed by atoms with E-state index in [4.69, 9.17) is 0 Å². The van der Waals surface area contributed by atoms with Crippen molar-refractivity contribution in [1.29, 1.82) is 0 Å². The zero-order valence-corrected chi connectivity index (χ0v) is 10.2. The molecule has 2 nitrogen and oxygen atoms in total. The molecular formula is C14H20N2. The third-order valence-electron chi connectivity index (χ3n) is 3.02. The van der Waals surface area contributed by atoms with Crippen LogP contribution in [0.5, 0.6) is 0 Å². The van der Waals surface area contributed by atoms with E-state index in [1.165, 1.54) is 24.1 Å². The molecule has 16 heavy (non-hydrogen) atoms. The lowest BCUT2D eigenvalue weighted by molar-refractivity contribution is 0.396. The Bertz CT molecular complexity index is 371. The van der Waals surface area contributed by atoms with Gasteiger partial charge in [-0.1, -0.05) is 31.5 Å². The number of anilines is 1. The topological polar surface area (TPSA) is 6.48 Å². The summed E-state index contributed by atoms with van der Waals surface area (Å²) in [6.07, 6.45) is 6.90. The van der Waals surface area contributed by atoms with Gasteiger partial charge < -0.3 is 9.80 Å². The van der Waals surface area contributed by atoms with E-state index in [2.05, 4.69) is 60.3 Å². The number of rotatable bonds is 4. The van der Waals surface area contributed by atoms with Crippen molar-refractivity contribution in [1.82, 2.24) is 4.90 Å². The summed E-state index contributed by atoms with van der Waals surface area (Å²) in [7, 11) is 0. The molecule has 2 heteroatoms. The fraction of sp³-hybridized carbons (Fsp3) is 0.429. The molecule has 0 fully saturated rings. The summed E-state index contributed by atoms with van der Waals surface area (Å²) >= 11 is 0. The van der Waals surface area contributed by atoms with Crippen LogP contribution in [-0.2, 0) is 0 Å². The van der Waals surface area contributed by atoms with Crippen molar-refractivity contribution >= 4 is 5.69 Å². The van der Waals surface area contributed by atoms with E-state index >= 15 is 0 Å². The van der Waals surface area contributed by atoms with Crippen LogP contribution in [0, 0.1) is 6.92 Å². The van der Waals surface area contributed by atoms with Crippen LogP contribution >= 0.6 is 0 Å². The van der Waals surface area contributed by atoms with E-state index < -0.39 is 0 Å². The molecular weight excluding hydrogens is 196 g/mol. The van der Waals surface area contributed by atoms with Crippen LogP contribution in [0.1, 0.15) is 25.3 Å². The van der Waals surface area contributed by atoms with Crippen LogP contribution in [0.2, 0.25) is 0 Å². The molecule has 1 aliphatic heterocycles. The van der Waals surface area contributed by atoms with Crippen LogP contribution < -0.4 is 4.90 Å². The molecule has 1 aromatic carbocycles. The molecule has 86 valence electrons. The van der Waals surface area contributed by atoms with Gasteiger partial charge in [0, 0.05) is 24.6 Å². The zero-order chi connectivity index (χ0) is 11.4. The van der Waals surface area contributed by atoms with Crippen molar-refractivity contribution in [3.63, 3.8) is 0 Å². The summed E-state index contributed by atoms with van der Waals surface area (Å²) in [4.78, 5) is 4.68. The van der Waals surface area contributed by atoms with E-state index in [0.29, 0.717) is 0 Å². The highest BCUT2D eigenvalue weighted by Gasteiger charge is 2.14. The van der Waals surface area contributed by atoms with Crippen molar-refractivity contribution in [2.75, 3.05) is 18.1 Å². The largest absolute Gasteiger partial charge is 0.358 e. The Kier molecular flexibility index (Phi) is 3.50. The molecule has 0 radical (unpaired) electrons. The monoisotopic (exact) mass is 216 g/mol. The fourth-order valence-electron chi connectivity index (χ4n) is 2.01. The Morgan fingerprint density at radius 1 is 1.19 bits per heavy atom. The molecule has 1 heterocycles. The highest BCUT2D eigenvalue weighted by atomic mass is 15.3. The van der Waals surface area contributed by atoms with Crippen molar-refractivity contribution in [3.8, 4) is 0 Å². The quantitative estimate of drug-likeness (QED) is 0.761. The fourth-order valence-corrected chi connectivity index (χ4v) is 2.01. The second kappa shape index (κ2) is 5.06. The van der Waals surface area contributed by atoms with Crippen LogP contribution in [0.15, 0.2) is 36.7 Å². The van der Waals surface area contributed by atoms with E-state index in [9.17, 15) is 0 Å². The highest BCUT2D eigenvalue weighted by molar-refractivity contribution is 5.55. The van der Waals surface area contributed by atoms with Gasteiger partial charge in [-0.2, -0.15) is 0 Å². The molecule has 0 saturated heterocycles. The Morgan fingerprint density at radius 3 is 2.75 bits per heavy atom. The Labute approximate surface area is 98.2 Å². The predicted molar refractivity (Wildman–Crippen MR) is 69.3 cm³/mol. The van der Waals surface area contributed by atoms with E-state index in [0.717, 1.165) is 13.2 Å². The second-order valence-corrected chi connectivity index (χ2v) is 4.36. The normalized spacial score (nSPS) is 14.9. The maximum atomic E-state index is 2.37. The SMILES string of the molecule is CCCCN1C=CN(c2ccccc2C)C1. The van der Waals surface area contributed by atoms with Gasteiger partial charge in [0.05, 0.1) is 6.67 Å². The zero-order valence-electron chi connectivity index (χ0n) is 10.2. The van der Waals surface area contributed by atoms with Crippen LogP contribution in [-0.4, -0.2) is 18.1 Å². The molecule has 0 atom stereocenters. The molecule has 2 rings (SSSR count). The van der Waals surface area contributed by atoms with Crippen LogP contribution in [0.25, 0.3) is 0 Å². The molecule has 0 bridgehead atoms. The summed E-state index contributed by atoms with van der Waals surface area (Å²) < 4.78 is 0. The minimum Gasteiger partial charge on any atom is -0.358 e. The predicted octanol–water partition coefficient (Wildman–Crippen LogP) is 3.35. The van der Waals surface area contributed by atoms with Crippen LogP contribution in [0.3, 0.4) is 0 Å². The number of hydrogen-bond donors (Lipinski definition) is 0. The highest BCUT2D eigenvalue weighted by Crippen LogP contribution is 2.22. The molecule has 0 amide bonds. The van der Waals surface area contributed by atoms with Gasteiger partial charge in [-0.25, -0.2) is 0 Å². The summed E-state index contributed by atoms with van der Waals surface area (Å²) in [6.45, 7) is 6.55. The first kappa shape index (κ1) is 11.1. The van der Waals surface area contributed by atoms with Gasteiger partial charge in [-0.05, 0) is 25.0 Å². The summed E-state index contributed by atoms with van der Waals surface area (Å²) in [5.74, 6) is 0. The Hall–Kier alpha value is -1.44. The first-order valence-corrected chi connectivity index (χ1v) is 6.06. The number of nitrogens with zero attached hydrogens (tertiary/aromatic N) is 2. The number of unbranched alkanes of at least 4 members (excludes halogenated alkanes) is 1. The standard InChI is InChI=1S/C14H20N2/c1-3-4-9-15-10-11-16(12-15)14-8-6-5-7-13(14)2/h5-8,10-11H,3-4,9,12H2,1-2H3. The minimum atomic E-state index is 0.991. The van der Waals surface area contributed by atoms with E-state index in [-0.39, 0.29) is 0 Å². The second-order valence-electron chi connectivity index (χ2n) is 4.36. The van der Waals surface area contributed by atoms with Gasteiger partial charge >= 0.3 is 0 Å². The lowest BCUT2D eigenvalue weighted by atomic mass is 10.2. The lowest BCUT2D eigenvalue weighted by Crippen LogP contribution is -2.26. The van der Waals surface area contributed by atoms with Gasteiger partial charge in [-0.15, -0.1) is 0 Å².